The fourth-order valence-electron chi connectivity index (χ4n) is 4.53. The summed E-state index contributed by atoms with van der Waals surface area (Å²) < 4.78 is 77.8. The van der Waals surface area contributed by atoms with Gasteiger partial charge in [-0.3, -0.25) is 28.0 Å². The molecule has 2 aliphatic heterocycles. The van der Waals surface area contributed by atoms with Gasteiger partial charge in [0.2, 0.25) is 0 Å². The zero-order valence-corrected chi connectivity index (χ0v) is 24.9. The summed E-state index contributed by atoms with van der Waals surface area (Å²) in [6.45, 7) is -5.77. The summed E-state index contributed by atoms with van der Waals surface area (Å²) in [5, 5.41) is 0. The number of imidazole rings is 1. The zero-order chi connectivity index (χ0) is 31.8. The van der Waals surface area contributed by atoms with Gasteiger partial charge in [0, 0.05) is 18.7 Å². The number of aromatic amines is 1. The number of alkyl halides is 2. The Hall–Kier alpha value is -2.59. The van der Waals surface area contributed by atoms with E-state index < -0.39 is 82.1 Å². The maximum absolute atomic E-state index is 15.8. The number of hydrogen-bond donors (Lipinski definition) is 4. The third-order valence-electron chi connectivity index (χ3n) is 6.47. The van der Waals surface area contributed by atoms with E-state index in [1.54, 1.807) is 0 Å². The molecule has 0 spiro atoms. The summed E-state index contributed by atoms with van der Waals surface area (Å²) in [6, 6.07) is 1.05. The van der Waals surface area contributed by atoms with Crippen LogP contribution in [0.1, 0.15) is 18.9 Å². The lowest BCUT2D eigenvalue weighted by Gasteiger charge is -2.25. The minimum Gasteiger partial charge on any atom is -0.382 e. The Bertz CT molecular complexity index is 1710. The molecule has 2 saturated heterocycles. The second kappa shape index (κ2) is 13.0. The molecule has 3 aromatic heterocycles. The summed E-state index contributed by atoms with van der Waals surface area (Å²) in [4.78, 5) is 60.8. The van der Waals surface area contributed by atoms with Crippen molar-refractivity contribution in [3.8, 4) is 0 Å². The maximum atomic E-state index is 15.8. The number of hydrogen-bond acceptors (Lipinski definition) is 15. The smallest absolute Gasteiger partial charge is 0.382 e. The lowest BCUT2D eigenvalue weighted by atomic mass is 10.1. The molecule has 1 unspecified atom stereocenters. The number of nitrogens with zero attached hydrogens (tertiary/aromatic N) is 5. The van der Waals surface area contributed by atoms with Crippen molar-refractivity contribution in [2.75, 3.05) is 26.1 Å². The fraction of sp³-hybridized carbons (Fsp3) is 0.550. The third kappa shape index (κ3) is 7.11. The number of nitrogens with two attached hydrogens (primary N) is 1. The van der Waals surface area contributed by atoms with Gasteiger partial charge in [-0.15, -0.1) is 4.67 Å². The molecule has 0 amide bonds. The molecule has 2 aliphatic rings. The number of phosphoric acid groups is 1. The topological polar surface area (TPSA) is 247 Å². The van der Waals surface area contributed by atoms with E-state index in [2.05, 4.69) is 31.6 Å². The second-order valence-electron chi connectivity index (χ2n) is 9.33. The molecule has 5 N–H and O–H groups in total. The molecule has 0 radical (unpaired) electrons. The number of anilines is 1. The van der Waals surface area contributed by atoms with Gasteiger partial charge in [0.05, 0.1) is 26.7 Å². The molecule has 2 fully saturated rings. The maximum Gasteiger partial charge on any atom is 0.502 e. The Morgan fingerprint density at radius 3 is 2.61 bits per heavy atom. The van der Waals surface area contributed by atoms with Crippen molar-refractivity contribution in [3.63, 3.8) is 0 Å². The summed E-state index contributed by atoms with van der Waals surface area (Å²) in [6.07, 6.45) is -8.38. The number of aromatic nitrogens is 6. The average Bonchev–Trinajstić information content (AvgIpc) is 3.62. The van der Waals surface area contributed by atoms with Gasteiger partial charge in [-0.1, -0.05) is 0 Å². The minimum absolute atomic E-state index is 0.0151. The van der Waals surface area contributed by atoms with Gasteiger partial charge in [0.25, 0.3) is 5.56 Å². The van der Waals surface area contributed by atoms with Crippen LogP contribution in [0.15, 0.2) is 34.5 Å². The molecule has 44 heavy (non-hydrogen) atoms. The van der Waals surface area contributed by atoms with Gasteiger partial charge in [-0.05, 0) is 11.8 Å². The first-order chi connectivity index (χ1) is 20.8. The van der Waals surface area contributed by atoms with E-state index in [1.165, 1.54) is 4.57 Å². The number of nitrogen functional groups attached to an aromatic ring is 1. The highest BCUT2D eigenvalue weighted by Crippen LogP contribution is 2.55. The van der Waals surface area contributed by atoms with Crippen molar-refractivity contribution >= 4 is 43.3 Å². The van der Waals surface area contributed by atoms with Gasteiger partial charge in [-0.25, -0.2) is 38.0 Å². The highest BCUT2D eigenvalue weighted by atomic mass is 32.5. The number of nitrogens with one attached hydrogen (secondary N) is 1. The largest absolute Gasteiger partial charge is 0.502 e. The molecule has 5 heterocycles. The van der Waals surface area contributed by atoms with E-state index in [0.717, 1.165) is 36.6 Å². The van der Waals surface area contributed by atoms with Crippen molar-refractivity contribution in [2.45, 2.75) is 49.5 Å². The standard InChI is InChI=1S/C20H25F2N7O12P2S/c1-35-41-43(34,37-5-10-9(21)4-13(38-10)28-3-2-12(30)27-20(28)31)40-16-14(22)11(6-36-42(32,33)44)39-19(16)29-8-26-15-17(23)24-7-25-18(15)29/h2-3,7-11,13-14,16,19H,4-6H2,1H3,(H2,23,24,25)(H,27,30,31)(H2,32,33,44)/t9-,10+,11+,13+,14+,16+,19+,43?/m0/s1. The molecule has 3 aromatic rings. The number of halogens is 2. The first-order valence-corrected chi connectivity index (χ1v) is 16.6. The van der Waals surface area contributed by atoms with Crippen LogP contribution in [0.25, 0.3) is 11.2 Å². The quantitative estimate of drug-likeness (QED) is 0.112. The van der Waals surface area contributed by atoms with Crippen LogP contribution in [0.2, 0.25) is 0 Å². The molecule has 8 atom stereocenters. The Balaban J connectivity index is 1.37. The Kier molecular flexibility index (Phi) is 9.71. The lowest BCUT2D eigenvalue weighted by Crippen LogP contribution is -2.33. The zero-order valence-electron chi connectivity index (χ0n) is 22.3. The van der Waals surface area contributed by atoms with Crippen LogP contribution in [0.5, 0.6) is 0 Å². The molecule has 242 valence electrons. The molecular formula is C20H25F2N7O12P2S. The molecule has 0 aromatic carbocycles. The van der Waals surface area contributed by atoms with Gasteiger partial charge in [-0.2, -0.15) is 0 Å². The third-order valence-corrected chi connectivity index (χ3v) is 8.57. The molecule has 0 saturated carbocycles. The van der Waals surface area contributed by atoms with E-state index in [9.17, 15) is 28.3 Å². The van der Waals surface area contributed by atoms with Crippen molar-refractivity contribution in [1.82, 2.24) is 29.1 Å². The monoisotopic (exact) mass is 687 g/mol. The highest BCUT2D eigenvalue weighted by molar-refractivity contribution is 8.06. The lowest BCUT2D eigenvalue weighted by molar-refractivity contribution is -0.208. The average molecular weight is 687 g/mol. The number of phosphoric ester groups is 1. The second-order valence-corrected chi connectivity index (χ2v) is 13.5. The Labute approximate surface area is 249 Å². The van der Waals surface area contributed by atoms with Crippen LogP contribution in [0, 0.1) is 0 Å². The summed E-state index contributed by atoms with van der Waals surface area (Å²) in [5.74, 6) is -0.0151. The number of ether oxygens (including phenoxy) is 2. The van der Waals surface area contributed by atoms with Gasteiger partial charge < -0.3 is 29.5 Å². The van der Waals surface area contributed by atoms with Crippen LogP contribution in [-0.2, 0) is 49.0 Å². The van der Waals surface area contributed by atoms with Crippen molar-refractivity contribution in [3.05, 3.63) is 45.8 Å². The molecule has 0 aliphatic carbocycles. The van der Waals surface area contributed by atoms with Crippen LogP contribution in [0.4, 0.5) is 14.6 Å². The van der Waals surface area contributed by atoms with Crippen LogP contribution >= 0.6 is 14.5 Å². The molecule has 19 nitrogen and oxygen atoms in total. The summed E-state index contributed by atoms with van der Waals surface area (Å²) >= 11 is 4.41. The van der Waals surface area contributed by atoms with E-state index >= 15 is 4.39 Å². The Morgan fingerprint density at radius 2 is 1.91 bits per heavy atom. The van der Waals surface area contributed by atoms with Crippen LogP contribution in [0.3, 0.4) is 0 Å². The fourth-order valence-corrected chi connectivity index (χ4v) is 6.22. The number of fused-ring (bicyclic) bond motifs is 1. The summed E-state index contributed by atoms with van der Waals surface area (Å²) in [7, 11) is -3.98. The predicted molar refractivity (Wildman–Crippen MR) is 144 cm³/mol. The first kappa shape index (κ1) is 32.8. The van der Waals surface area contributed by atoms with Crippen LogP contribution in [-0.4, -0.2) is 89.8 Å². The number of rotatable bonds is 12. The minimum atomic E-state index is -4.93. The van der Waals surface area contributed by atoms with E-state index in [1.807, 2.05) is 4.98 Å². The van der Waals surface area contributed by atoms with E-state index in [-0.39, 0.29) is 23.4 Å². The molecule has 24 heteroatoms. The molecule has 0 bridgehead atoms. The molecular weight excluding hydrogens is 662 g/mol. The van der Waals surface area contributed by atoms with Crippen molar-refractivity contribution < 1.29 is 55.7 Å². The highest BCUT2D eigenvalue weighted by Gasteiger charge is 2.52. The van der Waals surface area contributed by atoms with Crippen molar-refractivity contribution in [1.29, 1.82) is 0 Å². The Morgan fingerprint density at radius 1 is 1.16 bits per heavy atom. The van der Waals surface area contributed by atoms with E-state index in [0.29, 0.717) is 0 Å². The normalized spacial score (nSPS) is 28.9. The number of H-pyrrole nitrogens is 1. The van der Waals surface area contributed by atoms with Crippen molar-refractivity contribution in [2.24, 2.45) is 0 Å². The van der Waals surface area contributed by atoms with Crippen LogP contribution < -0.4 is 17.0 Å². The first-order valence-electron chi connectivity index (χ1n) is 12.5. The predicted octanol–water partition coefficient (Wildman–Crippen LogP) is 0.133. The van der Waals surface area contributed by atoms with Gasteiger partial charge in [0.15, 0.2) is 23.9 Å². The molecule has 5 rings (SSSR count). The van der Waals surface area contributed by atoms with Gasteiger partial charge >= 0.3 is 20.2 Å². The summed E-state index contributed by atoms with van der Waals surface area (Å²) in [5.41, 5.74) is 4.50. The SMILES string of the molecule is COOP(=O)(OC[C@H]1O[C@@H](n2ccc(=O)[nH]c2=O)C[C@@H]1F)O[C@@H]1[C@H](F)[C@@H](COP(O)(O)=S)O[C@H]1n1cnc2c(N)ncnc21. The van der Waals surface area contributed by atoms with Gasteiger partial charge in [0.1, 0.15) is 42.6 Å². The van der Waals surface area contributed by atoms with E-state index in [4.69, 9.17) is 33.5 Å².